The smallest absolute Gasteiger partial charge is 0.420 e. The Kier molecular flexibility index (Phi) is 7.12. The van der Waals surface area contributed by atoms with Crippen LogP contribution in [-0.4, -0.2) is 40.1 Å². The molecule has 2 N–H and O–H groups in total. The van der Waals surface area contributed by atoms with Gasteiger partial charge in [-0.2, -0.15) is 13.2 Å². The first-order valence-corrected chi connectivity index (χ1v) is 12.1. The molecular formula is C26H25F4N7O. The number of nitrogens with zero attached hydrogens (tertiary/aromatic N) is 5. The van der Waals surface area contributed by atoms with Crippen LogP contribution >= 0.6 is 0 Å². The fourth-order valence-corrected chi connectivity index (χ4v) is 4.33. The third-order valence-corrected chi connectivity index (χ3v) is 6.29. The van der Waals surface area contributed by atoms with Crippen LogP contribution < -0.4 is 20.3 Å². The van der Waals surface area contributed by atoms with Crippen molar-refractivity contribution in [1.29, 1.82) is 0 Å². The second-order valence-electron chi connectivity index (χ2n) is 8.88. The highest BCUT2D eigenvalue weighted by Gasteiger charge is 2.34. The molecule has 8 nitrogen and oxygen atoms in total. The number of piperidine rings is 1. The van der Waals surface area contributed by atoms with Gasteiger partial charge in [0.25, 0.3) is 0 Å². The van der Waals surface area contributed by atoms with Crippen LogP contribution in [0.5, 0.6) is 5.75 Å². The molecule has 2 aromatic heterocycles. The third-order valence-electron chi connectivity index (χ3n) is 6.29. The Hall–Kier alpha value is -4.22. The number of hydrogen-bond donors (Lipinski definition) is 2. The second-order valence-corrected chi connectivity index (χ2v) is 8.88. The van der Waals surface area contributed by atoms with E-state index in [0.29, 0.717) is 28.4 Å². The van der Waals surface area contributed by atoms with Crippen LogP contribution in [0.1, 0.15) is 30.4 Å². The molecule has 3 heterocycles. The minimum absolute atomic E-state index is 0.146. The maximum atomic E-state index is 14.8. The van der Waals surface area contributed by atoms with E-state index in [-0.39, 0.29) is 23.7 Å². The summed E-state index contributed by atoms with van der Waals surface area (Å²) >= 11 is 0. The molecule has 0 aliphatic carbocycles. The lowest BCUT2D eigenvalue weighted by Crippen LogP contribution is -2.31. The van der Waals surface area contributed by atoms with Gasteiger partial charge in [-0.3, -0.25) is 0 Å². The van der Waals surface area contributed by atoms with Crippen LogP contribution in [0, 0.1) is 5.82 Å². The van der Waals surface area contributed by atoms with Crippen molar-refractivity contribution < 1.29 is 22.3 Å². The molecule has 0 bridgehead atoms. The lowest BCUT2D eigenvalue weighted by Gasteiger charge is -2.26. The number of hydrogen-bond acceptors (Lipinski definition) is 8. The fourth-order valence-electron chi connectivity index (χ4n) is 4.33. The van der Waals surface area contributed by atoms with E-state index in [0.717, 1.165) is 32.0 Å². The summed E-state index contributed by atoms with van der Waals surface area (Å²) in [5.74, 6) is 0.117. The zero-order chi connectivity index (χ0) is 26.7. The summed E-state index contributed by atoms with van der Waals surface area (Å²) in [6.45, 7) is 1.89. The molecule has 1 fully saturated rings. The van der Waals surface area contributed by atoms with E-state index in [4.69, 9.17) is 4.74 Å². The predicted octanol–water partition coefficient (Wildman–Crippen LogP) is 5.93. The summed E-state index contributed by atoms with van der Waals surface area (Å²) in [5.41, 5.74) is 1.13. The Morgan fingerprint density at radius 2 is 1.82 bits per heavy atom. The molecule has 0 saturated carbocycles. The largest absolute Gasteiger partial charge is 0.496 e. The first kappa shape index (κ1) is 25.4. The zero-order valence-corrected chi connectivity index (χ0v) is 20.5. The Balaban J connectivity index is 1.37. The highest BCUT2D eigenvalue weighted by Crippen LogP contribution is 2.38. The third kappa shape index (κ3) is 5.53. The molecule has 2 aromatic carbocycles. The molecule has 1 aliphatic heterocycles. The monoisotopic (exact) mass is 527 g/mol. The number of fused-ring (bicyclic) bond motifs is 1. The minimum Gasteiger partial charge on any atom is -0.496 e. The number of nitrogens with one attached hydrogen (secondary N) is 2. The van der Waals surface area contributed by atoms with E-state index < -0.39 is 17.6 Å². The van der Waals surface area contributed by atoms with Gasteiger partial charge in [-0.15, -0.1) is 0 Å². The van der Waals surface area contributed by atoms with Crippen LogP contribution in [0.2, 0.25) is 0 Å². The average Bonchev–Trinajstić information content (AvgIpc) is 2.93. The predicted molar refractivity (Wildman–Crippen MR) is 136 cm³/mol. The van der Waals surface area contributed by atoms with Crippen LogP contribution in [-0.2, 0) is 12.7 Å². The number of ether oxygens (including phenoxy) is 1. The summed E-state index contributed by atoms with van der Waals surface area (Å²) in [5, 5.41) is 5.95. The topological polar surface area (TPSA) is 88.1 Å². The van der Waals surface area contributed by atoms with Gasteiger partial charge in [-0.1, -0.05) is 6.07 Å². The van der Waals surface area contributed by atoms with Gasteiger partial charge < -0.3 is 20.3 Å². The molecule has 0 radical (unpaired) electrons. The van der Waals surface area contributed by atoms with E-state index in [1.807, 2.05) is 0 Å². The van der Waals surface area contributed by atoms with E-state index in [1.165, 1.54) is 38.1 Å². The maximum absolute atomic E-state index is 14.8. The molecule has 0 amide bonds. The first-order valence-electron chi connectivity index (χ1n) is 12.1. The van der Waals surface area contributed by atoms with Crippen molar-refractivity contribution in [2.75, 3.05) is 35.7 Å². The van der Waals surface area contributed by atoms with Crippen molar-refractivity contribution in [1.82, 2.24) is 19.9 Å². The summed E-state index contributed by atoms with van der Waals surface area (Å²) in [7, 11) is 1.19. The van der Waals surface area contributed by atoms with E-state index >= 15 is 0 Å². The molecule has 12 heteroatoms. The molecule has 0 unspecified atom stereocenters. The quantitative estimate of drug-likeness (QED) is 0.286. The normalized spacial score (nSPS) is 14.0. The molecule has 0 atom stereocenters. The maximum Gasteiger partial charge on any atom is 0.420 e. The van der Waals surface area contributed by atoms with Gasteiger partial charge in [0.2, 0.25) is 5.95 Å². The summed E-state index contributed by atoms with van der Waals surface area (Å²) in [6, 6.07) is 8.13. The van der Waals surface area contributed by atoms with Crippen LogP contribution in [0.4, 0.5) is 40.7 Å². The molecule has 1 saturated heterocycles. The van der Waals surface area contributed by atoms with Gasteiger partial charge in [0.05, 0.1) is 24.6 Å². The van der Waals surface area contributed by atoms with Gasteiger partial charge in [0.1, 0.15) is 28.9 Å². The van der Waals surface area contributed by atoms with Gasteiger partial charge >= 0.3 is 6.18 Å². The Bertz CT molecular complexity index is 1440. The van der Waals surface area contributed by atoms with Crippen molar-refractivity contribution in [2.45, 2.75) is 32.0 Å². The number of halogens is 4. The van der Waals surface area contributed by atoms with Crippen LogP contribution in [0.15, 0.2) is 48.9 Å². The van der Waals surface area contributed by atoms with Crippen LogP contribution in [0.25, 0.3) is 11.0 Å². The van der Waals surface area contributed by atoms with Crippen LogP contribution in [0.3, 0.4) is 0 Å². The number of aromatic nitrogens is 4. The van der Waals surface area contributed by atoms with Crippen molar-refractivity contribution in [3.05, 3.63) is 65.9 Å². The van der Waals surface area contributed by atoms with Gasteiger partial charge in [-0.05, 0) is 55.2 Å². The SMILES string of the molecule is COc1ccc(NCc2ccc(F)c(Nc3ncnc4cnc(N5CCCCC5)nc34)c2)cc1C(F)(F)F. The Morgan fingerprint density at radius 1 is 1.00 bits per heavy atom. The Labute approximate surface area is 216 Å². The van der Waals surface area contributed by atoms with Crippen molar-refractivity contribution >= 4 is 34.2 Å². The molecule has 4 aromatic rings. The van der Waals surface area contributed by atoms with Crippen molar-refractivity contribution in [3.63, 3.8) is 0 Å². The number of rotatable bonds is 7. The second kappa shape index (κ2) is 10.6. The van der Waals surface area contributed by atoms with E-state index in [9.17, 15) is 17.6 Å². The highest BCUT2D eigenvalue weighted by molar-refractivity contribution is 5.87. The van der Waals surface area contributed by atoms with Crippen molar-refractivity contribution in [3.8, 4) is 5.75 Å². The summed E-state index contributed by atoms with van der Waals surface area (Å²) < 4.78 is 59.6. The molecular weight excluding hydrogens is 502 g/mol. The molecule has 1 aliphatic rings. The molecule has 0 spiro atoms. The molecule has 5 rings (SSSR count). The summed E-state index contributed by atoms with van der Waals surface area (Å²) in [6.07, 6.45) is 1.72. The average molecular weight is 528 g/mol. The molecule has 198 valence electrons. The number of anilines is 4. The van der Waals surface area contributed by atoms with Gasteiger partial charge in [0.15, 0.2) is 5.82 Å². The summed E-state index contributed by atoms with van der Waals surface area (Å²) in [4.78, 5) is 19.7. The molecule has 38 heavy (non-hydrogen) atoms. The standard InChI is InChI=1S/C26H25F4N7O/c1-38-22-8-6-17(12-18(22)26(28,29)30)31-13-16-5-7-19(27)20(11-16)35-24-23-21(33-15-34-24)14-32-25(36-23)37-9-3-2-4-10-37/h5-8,11-12,14-15,31H,2-4,9-10,13H2,1H3,(H,33,34,35). The van der Waals surface area contributed by atoms with Crippen molar-refractivity contribution in [2.24, 2.45) is 0 Å². The number of alkyl halides is 3. The zero-order valence-electron chi connectivity index (χ0n) is 20.5. The number of benzene rings is 2. The van der Waals surface area contributed by atoms with Gasteiger partial charge in [0, 0.05) is 25.3 Å². The minimum atomic E-state index is -4.56. The first-order chi connectivity index (χ1) is 18.3. The van der Waals surface area contributed by atoms with Gasteiger partial charge in [-0.25, -0.2) is 24.3 Å². The van der Waals surface area contributed by atoms with E-state index in [2.05, 4.69) is 35.5 Å². The highest BCUT2D eigenvalue weighted by atomic mass is 19.4. The lowest BCUT2D eigenvalue weighted by atomic mass is 10.1. The van der Waals surface area contributed by atoms with E-state index in [1.54, 1.807) is 18.3 Å². The fraction of sp³-hybridized carbons (Fsp3) is 0.308. The number of methoxy groups -OCH3 is 1. The lowest BCUT2D eigenvalue weighted by molar-refractivity contribution is -0.138. The Morgan fingerprint density at radius 3 is 2.58 bits per heavy atom.